The van der Waals surface area contributed by atoms with Crippen LogP contribution in [0.3, 0.4) is 0 Å². The van der Waals surface area contributed by atoms with Gasteiger partial charge in [-0.3, -0.25) is 4.79 Å². The van der Waals surface area contributed by atoms with Gasteiger partial charge in [0.25, 0.3) is 5.91 Å². The predicted molar refractivity (Wildman–Crippen MR) is 70.8 cm³/mol. The number of carbonyl (C=O) groups is 1. The van der Waals surface area contributed by atoms with Gasteiger partial charge in [0.2, 0.25) is 0 Å². The molecule has 0 fully saturated rings. The van der Waals surface area contributed by atoms with E-state index in [0.29, 0.717) is 11.3 Å². The van der Waals surface area contributed by atoms with Crippen LogP contribution in [0.15, 0.2) is 16.6 Å². The van der Waals surface area contributed by atoms with Crippen molar-refractivity contribution in [3.63, 3.8) is 0 Å². The molecule has 0 aromatic heterocycles. The Kier molecular flexibility index (Phi) is 5.38. The van der Waals surface area contributed by atoms with Crippen LogP contribution in [0, 0.1) is 5.82 Å². The number of nitrogens with two attached hydrogens (primary N) is 1. The van der Waals surface area contributed by atoms with Gasteiger partial charge >= 0.3 is 6.18 Å². The molecule has 0 bridgehead atoms. The number of halogens is 5. The first-order valence-corrected chi connectivity index (χ1v) is 6.55. The monoisotopic (exact) mass is 356 g/mol. The third-order valence-corrected chi connectivity index (χ3v) is 3.12. The number of hydrogen-bond acceptors (Lipinski definition) is 2. The molecule has 0 aliphatic heterocycles. The SMILES string of the molecule is CCCN(CC(F)(F)F)C(=O)c1cc(N)c(F)cc1Br. The maximum atomic E-state index is 13.2. The van der Waals surface area contributed by atoms with Crippen LogP contribution in [0.25, 0.3) is 0 Å². The first-order chi connectivity index (χ1) is 9.15. The molecule has 0 saturated heterocycles. The maximum Gasteiger partial charge on any atom is 0.406 e. The van der Waals surface area contributed by atoms with Crippen LogP contribution in [0.1, 0.15) is 23.7 Å². The molecule has 0 aliphatic rings. The Morgan fingerprint density at radius 1 is 1.40 bits per heavy atom. The second kappa shape index (κ2) is 6.43. The summed E-state index contributed by atoms with van der Waals surface area (Å²) < 4.78 is 50.6. The van der Waals surface area contributed by atoms with Crippen LogP contribution in [0.5, 0.6) is 0 Å². The Labute approximate surface area is 121 Å². The van der Waals surface area contributed by atoms with Crippen molar-refractivity contribution in [2.45, 2.75) is 19.5 Å². The van der Waals surface area contributed by atoms with E-state index in [1.165, 1.54) is 0 Å². The van der Waals surface area contributed by atoms with Gasteiger partial charge in [-0.05, 0) is 34.5 Å². The third-order valence-electron chi connectivity index (χ3n) is 2.47. The fourth-order valence-corrected chi connectivity index (χ4v) is 2.12. The van der Waals surface area contributed by atoms with E-state index in [1.54, 1.807) is 6.92 Å². The van der Waals surface area contributed by atoms with E-state index in [1.807, 2.05) is 0 Å². The van der Waals surface area contributed by atoms with Crippen molar-refractivity contribution in [2.24, 2.45) is 0 Å². The Hall–Kier alpha value is -1.31. The molecule has 0 spiro atoms. The number of benzene rings is 1. The number of alkyl halides is 3. The topological polar surface area (TPSA) is 46.3 Å². The minimum absolute atomic E-state index is 0.0535. The van der Waals surface area contributed by atoms with Gasteiger partial charge in [-0.15, -0.1) is 0 Å². The van der Waals surface area contributed by atoms with Gasteiger partial charge < -0.3 is 10.6 Å². The molecule has 0 aliphatic carbocycles. The fraction of sp³-hybridized carbons (Fsp3) is 0.417. The van der Waals surface area contributed by atoms with Crippen molar-refractivity contribution in [1.29, 1.82) is 0 Å². The van der Waals surface area contributed by atoms with E-state index in [-0.39, 0.29) is 22.3 Å². The molecule has 0 atom stereocenters. The summed E-state index contributed by atoms with van der Waals surface area (Å²) in [5, 5.41) is 0. The Morgan fingerprint density at radius 3 is 2.50 bits per heavy atom. The maximum absolute atomic E-state index is 13.2. The average Bonchev–Trinajstić information content (AvgIpc) is 2.31. The molecule has 20 heavy (non-hydrogen) atoms. The van der Waals surface area contributed by atoms with Crippen molar-refractivity contribution < 1.29 is 22.4 Å². The van der Waals surface area contributed by atoms with Crippen molar-refractivity contribution >= 4 is 27.5 Å². The van der Waals surface area contributed by atoms with E-state index in [9.17, 15) is 22.4 Å². The largest absolute Gasteiger partial charge is 0.406 e. The highest BCUT2D eigenvalue weighted by molar-refractivity contribution is 9.10. The van der Waals surface area contributed by atoms with Crippen molar-refractivity contribution in [2.75, 3.05) is 18.8 Å². The molecule has 8 heteroatoms. The highest BCUT2D eigenvalue weighted by Crippen LogP contribution is 2.25. The van der Waals surface area contributed by atoms with Crippen LogP contribution in [0.2, 0.25) is 0 Å². The van der Waals surface area contributed by atoms with E-state index >= 15 is 0 Å². The van der Waals surface area contributed by atoms with Crippen LogP contribution in [0.4, 0.5) is 23.2 Å². The zero-order chi connectivity index (χ0) is 15.5. The van der Waals surface area contributed by atoms with Crippen molar-refractivity contribution in [1.82, 2.24) is 4.90 Å². The smallest absolute Gasteiger partial charge is 0.396 e. The average molecular weight is 357 g/mol. The van der Waals surface area contributed by atoms with Crippen LogP contribution < -0.4 is 5.73 Å². The zero-order valence-corrected chi connectivity index (χ0v) is 12.2. The van der Waals surface area contributed by atoms with Gasteiger partial charge in [0.15, 0.2) is 0 Å². The summed E-state index contributed by atoms with van der Waals surface area (Å²) in [6.07, 6.45) is -4.13. The lowest BCUT2D eigenvalue weighted by Crippen LogP contribution is -2.39. The summed E-state index contributed by atoms with van der Waals surface area (Å²) in [5.41, 5.74) is 4.95. The number of nitrogens with zero attached hydrogens (tertiary/aromatic N) is 1. The number of rotatable bonds is 4. The highest BCUT2D eigenvalue weighted by atomic mass is 79.9. The first-order valence-electron chi connectivity index (χ1n) is 5.76. The van der Waals surface area contributed by atoms with Gasteiger partial charge in [-0.2, -0.15) is 13.2 Å². The summed E-state index contributed by atoms with van der Waals surface area (Å²) in [7, 11) is 0. The minimum atomic E-state index is -4.50. The van der Waals surface area contributed by atoms with Crippen LogP contribution in [-0.2, 0) is 0 Å². The molecule has 112 valence electrons. The normalized spacial score (nSPS) is 11.5. The lowest BCUT2D eigenvalue weighted by molar-refractivity contribution is -0.140. The van der Waals surface area contributed by atoms with Crippen molar-refractivity contribution in [3.8, 4) is 0 Å². The van der Waals surface area contributed by atoms with Gasteiger partial charge in [-0.1, -0.05) is 6.92 Å². The minimum Gasteiger partial charge on any atom is -0.396 e. The molecule has 0 radical (unpaired) electrons. The quantitative estimate of drug-likeness (QED) is 0.661. The second-order valence-corrected chi connectivity index (χ2v) is 5.05. The summed E-state index contributed by atoms with van der Waals surface area (Å²) in [6, 6.07) is 1.99. The van der Waals surface area contributed by atoms with E-state index in [2.05, 4.69) is 15.9 Å². The molecular weight excluding hydrogens is 344 g/mol. The van der Waals surface area contributed by atoms with Gasteiger partial charge in [0, 0.05) is 11.0 Å². The summed E-state index contributed by atoms with van der Waals surface area (Å²) in [5.74, 6) is -1.59. The molecule has 1 amide bonds. The number of nitrogen functional groups attached to an aromatic ring is 1. The predicted octanol–water partition coefficient (Wildman–Crippen LogP) is 3.58. The number of anilines is 1. The molecule has 1 aromatic rings. The Morgan fingerprint density at radius 2 is 2.00 bits per heavy atom. The molecule has 0 unspecified atom stereocenters. The second-order valence-electron chi connectivity index (χ2n) is 4.20. The molecule has 3 nitrogen and oxygen atoms in total. The highest BCUT2D eigenvalue weighted by Gasteiger charge is 2.33. The molecule has 0 heterocycles. The van der Waals surface area contributed by atoms with Gasteiger partial charge in [0.05, 0.1) is 11.3 Å². The Bertz CT molecular complexity index is 505. The molecule has 1 rings (SSSR count). The van der Waals surface area contributed by atoms with Gasteiger partial charge in [-0.25, -0.2) is 4.39 Å². The summed E-state index contributed by atoms with van der Waals surface area (Å²) in [6.45, 7) is 0.246. The van der Waals surface area contributed by atoms with Crippen molar-refractivity contribution in [3.05, 3.63) is 28.0 Å². The molecule has 2 N–H and O–H groups in total. The zero-order valence-electron chi connectivity index (χ0n) is 10.6. The molecule has 0 saturated carbocycles. The Balaban J connectivity index is 3.09. The molecule has 1 aromatic carbocycles. The fourth-order valence-electron chi connectivity index (χ4n) is 1.64. The number of carbonyl (C=O) groups excluding carboxylic acids is 1. The summed E-state index contributed by atoms with van der Waals surface area (Å²) in [4.78, 5) is 12.8. The number of hydrogen-bond donors (Lipinski definition) is 1. The lowest BCUT2D eigenvalue weighted by Gasteiger charge is -2.24. The first kappa shape index (κ1) is 16.7. The van der Waals surface area contributed by atoms with Crippen LogP contribution in [-0.4, -0.2) is 30.1 Å². The van der Waals surface area contributed by atoms with Gasteiger partial charge in [0.1, 0.15) is 12.4 Å². The third kappa shape index (κ3) is 4.36. The van der Waals surface area contributed by atoms with Crippen LogP contribution >= 0.6 is 15.9 Å². The standard InChI is InChI=1S/C12H13BrF4N2O/c1-2-3-19(6-12(15,16)17)11(20)7-4-10(18)9(14)5-8(7)13/h4-5H,2-3,6,18H2,1H3. The molecular formula is C12H13BrF4N2O. The van der Waals surface area contributed by atoms with E-state index in [0.717, 1.165) is 12.1 Å². The number of amides is 1. The lowest BCUT2D eigenvalue weighted by atomic mass is 10.1. The van der Waals surface area contributed by atoms with E-state index in [4.69, 9.17) is 5.73 Å². The summed E-state index contributed by atoms with van der Waals surface area (Å²) >= 11 is 2.96. The van der Waals surface area contributed by atoms with E-state index < -0.39 is 24.4 Å².